The molecule has 0 heterocycles. The Morgan fingerprint density at radius 1 is 1.18 bits per heavy atom. The van der Waals surface area contributed by atoms with Crippen molar-refractivity contribution >= 4 is 5.91 Å². The molecule has 0 aromatic heterocycles. The van der Waals surface area contributed by atoms with Gasteiger partial charge in [-0.05, 0) is 5.41 Å². The van der Waals surface area contributed by atoms with Gasteiger partial charge in [-0.15, -0.1) is 0 Å². The van der Waals surface area contributed by atoms with Crippen molar-refractivity contribution in [2.45, 2.75) is 61.0 Å². The van der Waals surface area contributed by atoms with Gasteiger partial charge in [0.2, 0.25) is 5.91 Å². The van der Waals surface area contributed by atoms with E-state index in [0.717, 1.165) is 0 Å². The van der Waals surface area contributed by atoms with Gasteiger partial charge in [-0.3, -0.25) is 4.79 Å². The van der Waals surface area contributed by atoms with Gasteiger partial charge in [-0.25, -0.2) is 0 Å². The molecule has 0 radical (unpaired) electrons. The average Bonchev–Trinajstić information content (AvgIpc) is 2.29. The van der Waals surface area contributed by atoms with Crippen molar-refractivity contribution in [3.8, 4) is 0 Å². The molecule has 0 aromatic rings. The minimum Gasteiger partial charge on any atom is -0.394 e. The Bertz CT molecular complexity index is 165. The van der Waals surface area contributed by atoms with E-state index in [0.29, 0.717) is 6.42 Å². The summed E-state index contributed by atoms with van der Waals surface area (Å²) in [5.74, 6) is -0.0972. The molecule has 0 aromatic carbocycles. The van der Waals surface area contributed by atoms with E-state index in [-0.39, 0.29) is 24.5 Å². The first-order valence-corrected chi connectivity index (χ1v) is 6.41. The van der Waals surface area contributed by atoms with Crippen LogP contribution < -0.4 is 5.32 Å². The van der Waals surface area contributed by atoms with Crippen LogP contribution in [0.25, 0.3) is 0 Å². The predicted molar refractivity (Wildman–Crippen MR) is 72.9 cm³/mol. The number of amides is 1. The van der Waals surface area contributed by atoms with E-state index in [1.807, 2.05) is 48.5 Å². The van der Waals surface area contributed by atoms with E-state index < -0.39 is 6.10 Å². The number of nitrogens with one attached hydrogen (secondary N) is 1. The molecular weight excluding hydrogens is 218 g/mol. The van der Waals surface area contributed by atoms with E-state index in [1.54, 1.807) is 0 Å². The monoisotopic (exact) mass is 249 g/mol. The highest BCUT2D eigenvalue weighted by molar-refractivity contribution is 5.76. The molecule has 4 heteroatoms. The van der Waals surface area contributed by atoms with Crippen molar-refractivity contribution in [2.24, 2.45) is 5.41 Å². The summed E-state index contributed by atoms with van der Waals surface area (Å²) in [6.07, 6.45) is -0.436. The summed E-state index contributed by atoms with van der Waals surface area (Å²) in [4.78, 5) is 11.2. The largest absolute Gasteiger partial charge is 0.394 e. The van der Waals surface area contributed by atoms with Gasteiger partial charge in [0, 0.05) is 13.0 Å². The van der Waals surface area contributed by atoms with Crippen molar-refractivity contribution in [1.82, 2.24) is 5.32 Å². The van der Waals surface area contributed by atoms with Crippen molar-refractivity contribution in [3.05, 3.63) is 0 Å². The maximum absolute atomic E-state index is 11.2. The van der Waals surface area contributed by atoms with Gasteiger partial charge in [0.05, 0.1) is 12.7 Å². The van der Waals surface area contributed by atoms with Crippen LogP contribution in [0, 0.1) is 5.41 Å². The Hall–Kier alpha value is -0.610. The Labute approximate surface area is 106 Å². The van der Waals surface area contributed by atoms with Gasteiger partial charge in [-0.2, -0.15) is 0 Å². The molecule has 0 saturated heterocycles. The van der Waals surface area contributed by atoms with Gasteiger partial charge in [0.1, 0.15) is 0 Å². The summed E-state index contributed by atoms with van der Waals surface area (Å²) >= 11 is 0. The summed E-state index contributed by atoms with van der Waals surface area (Å²) in [6, 6.07) is 0. The molecule has 1 amide bonds. The van der Waals surface area contributed by atoms with Crippen LogP contribution in [0.4, 0.5) is 0 Å². The second-order valence-corrected chi connectivity index (χ2v) is 4.38. The molecule has 0 bridgehead atoms. The maximum atomic E-state index is 11.2. The molecule has 0 fully saturated rings. The molecule has 0 aliphatic carbocycles. The number of aliphatic hydroxyl groups excluding tert-OH is 2. The van der Waals surface area contributed by atoms with Gasteiger partial charge < -0.3 is 15.5 Å². The fourth-order valence-corrected chi connectivity index (χ4v) is 0.840. The van der Waals surface area contributed by atoms with E-state index in [4.69, 9.17) is 10.2 Å². The van der Waals surface area contributed by atoms with Crippen LogP contribution in [-0.4, -0.2) is 35.4 Å². The molecule has 106 valence electrons. The third kappa shape index (κ3) is 21.3. The third-order valence-corrected chi connectivity index (χ3v) is 1.44. The molecule has 1 unspecified atom stereocenters. The number of aliphatic hydroxyl groups is 2. The number of carbonyl (C=O) groups is 1. The second kappa shape index (κ2) is 13.5. The topological polar surface area (TPSA) is 69.6 Å². The van der Waals surface area contributed by atoms with Gasteiger partial charge in [0.15, 0.2) is 0 Å². The van der Waals surface area contributed by atoms with E-state index in [9.17, 15) is 4.79 Å². The van der Waals surface area contributed by atoms with Crippen LogP contribution in [0.2, 0.25) is 0 Å². The highest BCUT2D eigenvalue weighted by Gasteiger charge is 2.16. The number of carbonyl (C=O) groups excluding carboxylic acids is 1. The fourth-order valence-electron chi connectivity index (χ4n) is 0.840. The smallest absolute Gasteiger partial charge is 0.220 e. The Morgan fingerprint density at radius 3 is 1.88 bits per heavy atom. The second-order valence-electron chi connectivity index (χ2n) is 4.38. The van der Waals surface area contributed by atoms with Crippen LogP contribution in [-0.2, 0) is 4.79 Å². The van der Waals surface area contributed by atoms with Crippen LogP contribution in [0.15, 0.2) is 0 Å². The molecule has 0 spiro atoms. The van der Waals surface area contributed by atoms with Crippen LogP contribution in [0.3, 0.4) is 0 Å². The van der Waals surface area contributed by atoms with Crippen molar-refractivity contribution in [3.63, 3.8) is 0 Å². The molecule has 0 aliphatic rings. The Morgan fingerprint density at radius 2 is 1.59 bits per heavy atom. The zero-order valence-corrected chi connectivity index (χ0v) is 12.5. The number of rotatable bonds is 4. The standard InChI is InChI=1S/C9H19NO3.2C2H6/c1-9(2,3)4-8(13)10-5-7(12)6-11;2*1-2/h7,11-12H,4-6H2,1-3H3,(H,10,13);2*1-2H3. The first-order chi connectivity index (χ1) is 7.85. The Kier molecular flexibility index (Phi) is 17.1. The van der Waals surface area contributed by atoms with Crippen LogP contribution in [0.5, 0.6) is 0 Å². The fraction of sp³-hybridized carbons (Fsp3) is 0.923. The number of hydrogen-bond donors (Lipinski definition) is 3. The van der Waals surface area contributed by atoms with Gasteiger partial charge in [-0.1, -0.05) is 48.5 Å². The number of hydrogen-bond acceptors (Lipinski definition) is 3. The van der Waals surface area contributed by atoms with Gasteiger partial charge >= 0.3 is 0 Å². The summed E-state index contributed by atoms with van der Waals surface area (Å²) in [5, 5.41) is 20.0. The average molecular weight is 249 g/mol. The molecule has 1 atom stereocenters. The van der Waals surface area contributed by atoms with E-state index >= 15 is 0 Å². The van der Waals surface area contributed by atoms with Crippen molar-refractivity contribution in [1.29, 1.82) is 0 Å². The molecule has 3 N–H and O–H groups in total. The Balaban J connectivity index is -0.000000439. The minimum absolute atomic E-state index is 0.0474. The quantitative estimate of drug-likeness (QED) is 0.713. The van der Waals surface area contributed by atoms with Crippen LogP contribution >= 0.6 is 0 Å². The summed E-state index contributed by atoms with van der Waals surface area (Å²) < 4.78 is 0. The van der Waals surface area contributed by atoms with Crippen LogP contribution in [0.1, 0.15) is 54.9 Å². The predicted octanol–water partition coefficient (Wildman–Crippen LogP) is 1.94. The highest BCUT2D eigenvalue weighted by Crippen LogP contribution is 2.17. The summed E-state index contributed by atoms with van der Waals surface area (Å²) in [7, 11) is 0. The van der Waals surface area contributed by atoms with Crippen molar-refractivity contribution in [2.75, 3.05) is 13.2 Å². The lowest BCUT2D eigenvalue weighted by atomic mass is 9.92. The zero-order chi connectivity index (χ0) is 14.5. The minimum atomic E-state index is -0.857. The lowest BCUT2D eigenvalue weighted by molar-refractivity contribution is -0.123. The highest BCUT2D eigenvalue weighted by atomic mass is 16.3. The molecule has 17 heavy (non-hydrogen) atoms. The SMILES string of the molecule is CC.CC.CC(C)(C)CC(=O)NCC(O)CO. The molecule has 4 nitrogen and oxygen atoms in total. The molecule has 0 saturated carbocycles. The first-order valence-electron chi connectivity index (χ1n) is 6.41. The molecule has 0 rings (SSSR count). The summed E-state index contributed by atoms with van der Waals surface area (Å²) in [5.41, 5.74) is -0.0474. The summed E-state index contributed by atoms with van der Waals surface area (Å²) in [6.45, 7) is 13.7. The van der Waals surface area contributed by atoms with Crippen molar-refractivity contribution < 1.29 is 15.0 Å². The first kappa shape index (κ1) is 21.7. The van der Waals surface area contributed by atoms with Gasteiger partial charge in [0.25, 0.3) is 0 Å². The maximum Gasteiger partial charge on any atom is 0.220 e. The molecular formula is C13H31NO3. The lowest BCUT2D eigenvalue weighted by Crippen LogP contribution is -2.35. The molecule has 0 aliphatic heterocycles. The third-order valence-electron chi connectivity index (χ3n) is 1.44. The normalized spacial score (nSPS) is 11.4. The van der Waals surface area contributed by atoms with E-state index in [1.165, 1.54) is 0 Å². The van der Waals surface area contributed by atoms with E-state index in [2.05, 4.69) is 5.32 Å². The zero-order valence-electron chi connectivity index (χ0n) is 12.5. The lowest BCUT2D eigenvalue weighted by Gasteiger charge is -2.17.